The summed E-state index contributed by atoms with van der Waals surface area (Å²) in [7, 11) is 0. The molecule has 2 heterocycles. The zero-order valence-electron chi connectivity index (χ0n) is 14.4. The zero-order chi connectivity index (χ0) is 16.6. The molecular formula is C18H26N2O4. The number of rotatable bonds is 3. The van der Waals surface area contributed by atoms with E-state index in [9.17, 15) is 4.79 Å². The number of nitrogens with zero attached hydrogens (tertiary/aromatic N) is 2. The standard InChI is InChI=1S/C18H26N2O4/c1-2-22-17(21)16-14-12-18(23-10-11-24-18)9-8-15(14)20(19-16)13-6-4-3-5-7-13/h13H,2-12H2,1H3. The Bertz CT molecular complexity index is 613. The number of hydrogen-bond acceptors (Lipinski definition) is 5. The summed E-state index contributed by atoms with van der Waals surface area (Å²) in [6.45, 7) is 3.44. The fourth-order valence-corrected chi connectivity index (χ4v) is 4.36. The van der Waals surface area contributed by atoms with Crippen LogP contribution in [0, 0.1) is 0 Å². The van der Waals surface area contributed by atoms with Gasteiger partial charge in [-0.25, -0.2) is 4.79 Å². The zero-order valence-corrected chi connectivity index (χ0v) is 14.4. The Morgan fingerprint density at radius 3 is 2.75 bits per heavy atom. The van der Waals surface area contributed by atoms with Gasteiger partial charge in [0.2, 0.25) is 0 Å². The summed E-state index contributed by atoms with van der Waals surface area (Å²) in [4.78, 5) is 12.4. The number of ether oxygens (including phenoxy) is 3. The van der Waals surface area contributed by atoms with Crippen LogP contribution in [0.2, 0.25) is 0 Å². The average Bonchev–Trinajstić information content (AvgIpc) is 3.21. The predicted octanol–water partition coefficient (Wildman–Crippen LogP) is 2.80. The van der Waals surface area contributed by atoms with Crippen molar-refractivity contribution in [1.29, 1.82) is 0 Å². The van der Waals surface area contributed by atoms with Crippen molar-refractivity contribution >= 4 is 5.97 Å². The molecule has 1 aromatic rings. The van der Waals surface area contributed by atoms with E-state index in [4.69, 9.17) is 19.3 Å². The quantitative estimate of drug-likeness (QED) is 0.796. The van der Waals surface area contributed by atoms with Crippen LogP contribution in [0.25, 0.3) is 0 Å². The third-order valence-electron chi connectivity index (χ3n) is 5.51. The Morgan fingerprint density at radius 1 is 1.29 bits per heavy atom. The summed E-state index contributed by atoms with van der Waals surface area (Å²) in [6, 6.07) is 0.412. The highest BCUT2D eigenvalue weighted by atomic mass is 16.7. The van der Waals surface area contributed by atoms with Crippen molar-refractivity contribution in [3.05, 3.63) is 17.0 Å². The van der Waals surface area contributed by atoms with E-state index in [1.807, 2.05) is 6.92 Å². The maximum Gasteiger partial charge on any atom is 0.359 e. The van der Waals surface area contributed by atoms with Gasteiger partial charge in [0.25, 0.3) is 0 Å². The molecule has 4 rings (SSSR count). The maximum atomic E-state index is 12.4. The minimum Gasteiger partial charge on any atom is -0.461 e. The van der Waals surface area contributed by atoms with Crippen LogP contribution in [0.4, 0.5) is 0 Å². The van der Waals surface area contributed by atoms with Crippen LogP contribution in [0.5, 0.6) is 0 Å². The molecule has 0 aromatic carbocycles. The van der Waals surface area contributed by atoms with Crippen molar-refractivity contribution in [1.82, 2.24) is 9.78 Å². The molecule has 2 fully saturated rings. The molecule has 0 unspecified atom stereocenters. The summed E-state index contributed by atoms with van der Waals surface area (Å²) in [5.74, 6) is -0.882. The highest BCUT2D eigenvalue weighted by molar-refractivity contribution is 5.89. The molecule has 6 nitrogen and oxygen atoms in total. The van der Waals surface area contributed by atoms with Gasteiger partial charge in [-0.1, -0.05) is 19.3 Å². The van der Waals surface area contributed by atoms with Gasteiger partial charge in [0, 0.05) is 24.1 Å². The molecule has 0 radical (unpaired) electrons. The third kappa shape index (κ3) is 2.75. The van der Waals surface area contributed by atoms with Gasteiger partial charge in [-0.15, -0.1) is 0 Å². The molecule has 0 amide bonds. The lowest BCUT2D eigenvalue weighted by Crippen LogP contribution is -2.38. The Hall–Kier alpha value is -1.40. The van der Waals surface area contributed by atoms with Crippen molar-refractivity contribution in [3.8, 4) is 0 Å². The van der Waals surface area contributed by atoms with Crippen molar-refractivity contribution in [2.45, 2.75) is 70.1 Å². The molecule has 2 aliphatic carbocycles. The molecule has 0 bridgehead atoms. The largest absolute Gasteiger partial charge is 0.461 e. The van der Waals surface area contributed by atoms with Crippen molar-refractivity contribution in [3.63, 3.8) is 0 Å². The molecule has 1 saturated heterocycles. The molecular weight excluding hydrogens is 308 g/mol. The van der Waals surface area contributed by atoms with Crippen molar-refractivity contribution in [2.75, 3.05) is 19.8 Å². The molecule has 0 atom stereocenters. The van der Waals surface area contributed by atoms with E-state index in [1.54, 1.807) is 0 Å². The van der Waals surface area contributed by atoms with E-state index >= 15 is 0 Å². The van der Waals surface area contributed by atoms with Gasteiger partial charge < -0.3 is 14.2 Å². The molecule has 1 spiro atoms. The van der Waals surface area contributed by atoms with Crippen LogP contribution in [0.15, 0.2) is 0 Å². The van der Waals surface area contributed by atoms with E-state index in [0.29, 0.717) is 38.0 Å². The maximum absolute atomic E-state index is 12.4. The number of esters is 1. The number of fused-ring (bicyclic) bond motifs is 1. The monoisotopic (exact) mass is 334 g/mol. The van der Waals surface area contributed by atoms with Gasteiger partial charge in [-0.05, 0) is 26.2 Å². The number of aromatic nitrogens is 2. The lowest BCUT2D eigenvalue weighted by Gasteiger charge is -2.33. The minimum absolute atomic E-state index is 0.321. The fourth-order valence-electron chi connectivity index (χ4n) is 4.36. The van der Waals surface area contributed by atoms with Gasteiger partial charge >= 0.3 is 5.97 Å². The number of hydrogen-bond donors (Lipinski definition) is 0. The molecule has 0 N–H and O–H groups in total. The second-order valence-corrected chi connectivity index (χ2v) is 7.02. The smallest absolute Gasteiger partial charge is 0.359 e. The van der Waals surface area contributed by atoms with Gasteiger partial charge in [0.1, 0.15) is 0 Å². The summed E-state index contributed by atoms with van der Waals surface area (Å²) in [5.41, 5.74) is 2.64. The summed E-state index contributed by atoms with van der Waals surface area (Å²) < 4.78 is 19.1. The molecule has 1 saturated carbocycles. The molecule has 24 heavy (non-hydrogen) atoms. The third-order valence-corrected chi connectivity index (χ3v) is 5.51. The SMILES string of the molecule is CCOC(=O)c1nn(C2CCCCC2)c2c1CC1(CC2)OCCO1. The first-order chi connectivity index (χ1) is 11.7. The van der Waals surface area contributed by atoms with Crippen LogP contribution in [-0.2, 0) is 27.1 Å². The summed E-state index contributed by atoms with van der Waals surface area (Å²) in [6.07, 6.45) is 8.36. The van der Waals surface area contributed by atoms with Crippen LogP contribution in [0.1, 0.15) is 73.2 Å². The first-order valence-corrected chi connectivity index (χ1v) is 9.28. The molecule has 1 aliphatic heterocycles. The molecule has 3 aliphatic rings. The Morgan fingerprint density at radius 2 is 2.04 bits per heavy atom. The highest BCUT2D eigenvalue weighted by Gasteiger charge is 2.44. The first-order valence-electron chi connectivity index (χ1n) is 9.28. The predicted molar refractivity (Wildman–Crippen MR) is 87.0 cm³/mol. The van der Waals surface area contributed by atoms with E-state index in [2.05, 4.69) is 4.68 Å². The van der Waals surface area contributed by atoms with Crippen LogP contribution in [-0.4, -0.2) is 41.4 Å². The second kappa shape index (κ2) is 6.48. The topological polar surface area (TPSA) is 62.6 Å². The van der Waals surface area contributed by atoms with E-state index < -0.39 is 5.79 Å². The average molecular weight is 334 g/mol. The molecule has 132 valence electrons. The van der Waals surface area contributed by atoms with Crippen LogP contribution in [0.3, 0.4) is 0 Å². The summed E-state index contributed by atoms with van der Waals surface area (Å²) in [5, 5.41) is 4.72. The Balaban J connectivity index is 1.70. The van der Waals surface area contributed by atoms with Crippen molar-refractivity contribution < 1.29 is 19.0 Å². The lowest BCUT2D eigenvalue weighted by atomic mass is 9.89. The minimum atomic E-state index is -0.561. The Labute approximate surface area is 142 Å². The highest BCUT2D eigenvalue weighted by Crippen LogP contribution is 2.39. The fraction of sp³-hybridized carbons (Fsp3) is 0.778. The molecule has 6 heteroatoms. The first kappa shape index (κ1) is 16.1. The van der Waals surface area contributed by atoms with E-state index in [0.717, 1.165) is 31.2 Å². The second-order valence-electron chi connectivity index (χ2n) is 7.02. The number of carbonyl (C=O) groups excluding carboxylic acids is 1. The lowest BCUT2D eigenvalue weighted by molar-refractivity contribution is -0.164. The Kier molecular flexibility index (Phi) is 4.35. The normalized spacial score (nSPS) is 23.4. The van der Waals surface area contributed by atoms with Crippen molar-refractivity contribution in [2.24, 2.45) is 0 Å². The summed E-state index contributed by atoms with van der Waals surface area (Å²) >= 11 is 0. The van der Waals surface area contributed by atoms with Gasteiger partial charge in [0.15, 0.2) is 11.5 Å². The number of carbonyl (C=O) groups is 1. The van der Waals surface area contributed by atoms with Crippen LogP contribution >= 0.6 is 0 Å². The molecule has 1 aromatic heterocycles. The van der Waals surface area contributed by atoms with Gasteiger partial charge in [-0.2, -0.15) is 5.10 Å². The van der Waals surface area contributed by atoms with Gasteiger partial charge in [0.05, 0.1) is 25.9 Å². The van der Waals surface area contributed by atoms with E-state index in [1.165, 1.54) is 25.0 Å². The van der Waals surface area contributed by atoms with Gasteiger partial charge in [-0.3, -0.25) is 4.68 Å². The van der Waals surface area contributed by atoms with E-state index in [-0.39, 0.29) is 5.97 Å². The van der Waals surface area contributed by atoms with Crippen LogP contribution < -0.4 is 0 Å².